The van der Waals surface area contributed by atoms with Gasteiger partial charge in [0.2, 0.25) is 5.76 Å². The number of carbonyl (C=O) groups excluding carboxylic acids is 2. The molecular weight excluding hydrogens is 1330 g/mol. The first kappa shape index (κ1) is 69.6. The van der Waals surface area contributed by atoms with Crippen LogP contribution in [0.3, 0.4) is 0 Å². The zero-order chi connectivity index (χ0) is 70.8. The van der Waals surface area contributed by atoms with Gasteiger partial charge in [0.1, 0.15) is 11.2 Å². The molecule has 32 heteroatoms. The minimum absolute atomic E-state index is 0. The molecule has 101 heavy (non-hydrogen) atoms. The summed E-state index contributed by atoms with van der Waals surface area (Å²) in [7, 11) is -5.88. The van der Waals surface area contributed by atoms with E-state index >= 15 is 0 Å². The molecule has 0 unspecified atom stereocenters. The van der Waals surface area contributed by atoms with Crippen LogP contribution in [0, 0.1) is 20.8 Å². The lowest BCUT2D eigenvalue weighted by atomic mass is 10.1. The van der Waals surface area contributed by atoms with Crippen molar-refractivity contribution < 1.29 is 58.1 Å². The van der Waals surface area contributed by atoms with Crippen LogP contribution in [0.25, 0.3) is 100 Å². The number of aryl methyl sites for hydroxylation is 3. The number of halogens is 3. The number of hydrogen-bond donors (Lipinski definition) is 4. The first-order valence-corrected chi connectivity index (χ1v) is 31.7. The van der Waals surface area contributed by atoms with Gasteiger partial charge in [-0.3, -0.25) is 20.1 Å². The molecule has 0 aliphatic rings. The van der Waals surface area contributed by atoms with E-state index < -0.39 is 44.8 Å². The van der Waals surface area contributed by atoms with E-state index in [9.17, 15) is 31.2 Å². The molecular formula is C69H63F3N18O10S. The number of pyridine rings is 3. The molecule has 15 aromatic rings. The molecule has 0 radical (unpaired) electrons. The lowest BCUT2D eigenvalue weighted by Crippen LogP contribution is -2.28. The first-order valence-electron chi connectivity index (χ1n) is 30.3. The third kappa shape index (κ3) is 15.1. The summed E-state index contributed by atoms with van der Waals surface area (Å²) in [6, 6.07) is 21.7. The summed E-state index contributed by atoms with van der Waals surface area (Å²) in [6.07, 6.45) is 22.6. The summed E-state index contributed by atoms with van der Waals surface area (Å²) in [5, 5.41) is 27.1. The molecule has 0 amide bonds. The van der Waals surface area contributed by atoms with Crippen LogP contribution in [0.2, 0.25) is 0 Å². The fraction of sp³-hybridized carbons (Fsp3) is 0.188. The molecule has 28 nitrogen and oxygen atoms in total. The van der Waals surface area contributed by atoms with Crippen molar-refractivity contribution in [2.75, 3.05) is 16.4 Å². The first-order chi connectivity index (χ1) is 47.7. The van der Waals surface area contributed by atoms with Gasteiger partial charge in [-0.25, -0.2) is 39.5 Å². The second-order valence-corrected chi connectivity index (χ2v) is 25.6. The van der Waals surface area contributed by atoms with Crippen molar-refractivity contribution in [1.29, 1.82) is 0 Å². The number of nitrogen functional groups attached to an aromatic ring is 1. The number of aromatic nitrogens is 15. The number of nitrogens with one attached hydrogen (secondary N) is 3. The molecule has 0 bridgehead atoms. The van der Waals surface area contributed by atoms with Gasteiger partial charge in [0, 0.05) is 112 Å². The molecule has 0 aliphatic carbocycles. The van der Waals surface area contributed by atoms with E-state index in [4.69, 9.17) is 28.5 Å². The van der Waals surface area contributed by atoms with Crippen LogP contribution in [0.4, 0.5) is 51.2 Å². The zero-order valence-corrected chi connectivity index (χ0v) is 55.4. The minimum atomic E-state index is -5.88. The Morgan fingerprint density at radius 3 is 1.39 bits per heavy atom. The van der Waals surface area contributed by atoms with Crippen molar-refractivity contribution in [2.45, 2.75) is 86.5 Å². The van der Waals surface area contributed by atoms with Gasteiger partial charge in [0.25, 0.3) is 0 Å². The number of nitrogens with zero attached hydrogens (tertiary/aromatic N) is 14. The molecule has 0 saturated carbocycles. The highest BCUT2D eigenvalue weighted by Gasteiger charge is 2.49. The smallest absolute Gasteiger partial charge is 0.449 e. The molecule has 516 valence electrons. The van der Waals surface area contributed by atoms with E-state index in [-0.39, 0.29) is 30.0 Å². The number of ether oxygens (including phenoxy) is 2. The Labute approximate surface area is 572 Å². The second-order valence-electron chi connectivity index (χ2n) is 24.1. The maximum Gasteiger partial charge on any atom is 0.534 e. The second kappa shape index (κ2) is 28.0. The average molecular weight is 1390 g/mol. The van der Waals surface area contributed by atoms with Crippen molar-refractivity contribution in [1.82, 2.24) is 74.6 Å². The van der Waals surface area contributed by atoms with E-state index in [1.807, 2.05) is 111 Å². The number of hydrogen-bond acceptors (Lipinski definition) is 25. The monoisotopic (exact) mass is 1390 g/mol. The highest BCUT2D eigenvalue weighted by atomic mass is 32.2. The predicted octanol–water partition coefficient (Wildman–Crippen LogP) is 15.5. The summed E-state index contributed by atoms with van der Waals surface area (Å²) in [6.45, 7) is 16.8. The summed E-state index contributed by atoms with van der Waals surface area (Å²) in [5.74, 6) is 0.909. The molecule has 12 heterocycles. The summed E-state index contributed by atoms with van der Waals surface area (Å²) in [5.41, 5.74) is 9.67. The average Bonchev–Trinajstić information content (AvgIpc) is 1.63. The molecule has 0 fully saturated rings. The predicted molar refractivity (Wildman–Crippen MR) is 371 cm³/mol. The number of fused-ring (bicyclic) bond motifs is 6. The number of nitrogens with two attached hydrogens (primary N) is 1. The molecule has 0 atom stereocenters. The Hall–Kier alpha value is -12.7. The van der Waals surface area contributed by atoms with Crippen LogP contribution in [0.15, 0.2) is 179 Å². The Morgan fingerprint density at radius 2 is 0.921 bits per heavy atom. The molecule has 5 N–H and O–H groups in total. The van der Waals surface area contributed by atoms with Crippen LogP contribution in [-0.2, 0) is 19.6 Å². The number of furan rings is 3. The van der Waals surface area contributed by atoms with Gasteiger partial charge < -0.3 is 43.3 Å². The van der Waals surface area contributed by atoms with E-state index in [1.165, 1.54) is 46.3 Å². The van der Waals surface area contributed by atoms with Crippen LogP contribution in [-0.4, -0.2) is 112 Å². The Morgan fingerprint density at radius 1 is 0.515 bits per heavy atom. The van der Waals surface area contributed by atoms with Gasteiger partial charge >= 0.3 is 27.8 Å². The van der Waals surface area contributed by atoms with Crippen LogP contribution < -0.4 is 20.6 Å². The lowest BCUT2D eigenvalue weighted by molar-refractivity contribution is -0.0499. The normalized spacial score (nSPS) is 11.7. The quantitative estimate of drug-likeness (QED) is 0.0592. The third-order valence-electron chi connectivity index (χ3n) is 14.5. The summed E-state index contributed by atoms with van der Waals surface area (Å²) in [4.78, 5) is 61.5. The molecule has 0 saturated heterocycles. The summed E-state index contributed by atoms with van der Waals surface area (Å²) >= 11 is 0. The fourth-order valence-corrected chi connectivity index (χ4v) is 10.5. The number of aromatic amines is 1. The summed E-state index contributed by atoms with van der Waals surface area (Å²) < 4.78 is 95.1. The number of carbonyl (C=O) groups is 2. The van der Waals surface area contributed by atoms with Crippen LogP contribution in [0.5, 0.6) is 5.75 Å². The van der Waals surface area contributed by atoms with Gasteiger partial charge in [-0.05, 0) is 134 Å². The Bertz CT molecular complexity index is 5590. The van der Waals surface area contributed by atoms with Crippen molar-refractivity contribution in [2.24, 2.45) is 0 Å². The van der Waals surface area contributed by atoms with Crippen LogP contribution in [0.1, 0.15) is 65.7 Å². The number of benzene rings is 3. The molecule has 15 rings (SSSR count). The number of alkyl halides is 3. The van der Waals surface area contributed by atoms with Crippen molar-refractivity contribution in [3.63, 3.8) is 0 Å². The largest absolute Gasteiger partial charge is 0.534 e. The van der Waals surface area contributed by atoms with E-state index in [0.29, 0.717) is 51.2 Å². The lowest BCUT2D eigenvalue weighted by Gasteiger charge is -2.18. The number of H-pyrrole nitrogens is 1. The topological polar surface area (TPSA) is 366 Å². The highest BCUT2D eigenvalue weighted by molar-refractivity contribution is 7.88. The maximum absolute atomic E-state index is 12.6. The van der Waals surface area contributed by atoms with Crippen molar-refractivity contribution in [3.8, 4) is 40.5 Å². The SMILES string of the molecule is C.Cc1ccc(N)c2cn(C(=O)OC(C)(C)C)nc12.Cc1ccc(Nc2c(-c3ncccn3)oc3cnccc23)c2cn(C(=O)OC(C)(C)C)nc12.Cc1ccc(Nc2c(-c3ncccn3)oc3cnccc23)c2cn[nH]c12.O=S(=O)(Oc1c(-c2ncccn2)oc2cnccc12)C(F)(F)F. The fourth-order valence-electron chi connectivity index (χ4n) is 9.99. The standard InChI is InChI=1S/C24H22N6O3.C19H14N6O.C13H17N3O2.C12H6F3N3O4S.CH4/c1-14-6-7-17(16-13-30(29-19(14)16)23(31)33-24(2,3)4)28-20-15-8-11-25-12-18(15)32-21(20)22-26-9-5-10-27-22;1-11-3-4-14(13-9-23-25-16(11)13)24-17-12-5-8-20-10-15(12)26-18(17)19-21-6-2-7-22-19;1-8-5-6-10(14)9-7-16(15-11(8)9)12(17)18-13(2,3)4;13-12(14,15)23(19,20)22-9-7-2-5-16-6-8(7)21-10(9)11-17-3-1-4-18-11;/h5-13,28H,1-4H3;2-10,24H,1H3,(H,23,25);5-7H,14H2,1-4H3;1-6H;1H4. The minimum Gasteiger partial charge on any atom is -0.449 e. The zero-order valence-electron chi connectivity index (χ0n) is 54.6. The van der Waals surface area contributed by atoms with Gasteiger partial charge in [-0.2, -0.15) is 46.2 Å². The van der Waals surface area contributed by atoms with Crippen LogP contribution >= 0.6 is 0 Å². The number of rotatable bonds is 9. The van der Waals surface area contributed by atoms with Crippen molar-refractivity contribution in [3.05, 3.63) is 182 Å². The maximum atomic E-state index is 12.6. The van der Waals surface area contributed by atoms with E-state index in [1.54, 1.807) is 80.2 Å². The van der Waals surface area contributed by atoms with Gasteiger partial charge in [-0.15, -0.1) is 0 Å². The van der Waals surface area contributed by atoms with Gasteiger partial charge in [-0.1, -0.05) is 25.6 Å². The molecule has 0 spiro atoms. The molecule has 12 aromatic heterocycles. The third-order valence-corrected chi connectivity index (χ3v) is 15.5. The van der Waals surface area contributed by atoms with Crippen molar-refractivity contribution >= 4 is 116 Å². The van der Waals surface area contributed by atoms with E-state index in [0.717, 1.165) is 71.7 Å². The van der Waals surface area contributed by atoms with Gasteiger partial charge in [0.05, 0.1) is 58.1 Å². The van der Waals surface area contributed by atoms with E-state index in [2.05, 4.69) is 80.1 Å². The Balaban J connectivity index is 0.000000138. The number of anilines is 5. The Kier molecular flexibility index (Phi) is 19.3. The molecule has 3 aromatic carbocycles. The highest BCUT2D eigenvalue weighted by Crippen LogP contribution is 2.43. The van der Waals surface area contributed by atoms with Gasteiger partial charge in [0.15, 0.2) is 51.5 Å². The molecule has 0 aliphatic heterocycles.